The van der Waals surface area contributed by atoms with Gasteiger partial charge in [-0.15, -0.1) is 37.0 Å². The molecule has 0 aliphatic carbocycles. The Morgan fingerprint density at radius 2 is 0.643 bits per heavy atom. The molecule has 0 saturated carbocycles. The fourth-order valence-electron chi connectivity index (χ4n) is 4.04. The molecular weight excluding hydrogens is 420 g/mol. The molecule has 5 rings (SSSR count). The van der Waals surface area contributed by atoms with Crippen LogP contribution < -0.4 is 21.2 Å². The van der Waals surface area contributed by atoms with Gasteiger partial charge in [0.25, 0.3) is 0 Å². The maximum absolute atomic E-state index is 3.63. The molecule has 8 bridgehead atoms. The van der Waals surface area contributed by atoms with Gasteiger partial charge in [0.1, 0.15) is 0 Å². The third-order valence-corrected chi connectivity index (χ3v) is 7.49. The molecule has 4 atom stereocenters. The summed E-state index contributed by atoms with van der Waals surface area (Å²) in [6.07, 6.45) is 3.48. The number of hydrogen-bond donors (Lipinski definition) is 4. The highest BCUT2D eigenvalue weighted by Crippen LogP contribution is 2.18. The summed E-state index contributed by atoms with van der Waals surface area (Å²) in [6.45, 7) is 0. The molecule has 4 N–H and O–H groups in total. The van der Waals surface area contributed by atoms with Gasteiger partial charge in [0.05, 0.1) is 0 Å². The Morgan fingerprint density at radius 1 is 0.429 bits per heavy atom. The molecule has 28 heavy (non-hydrogen) atoms. The van der Waals surface area contributed by atoms with Crippen molar-refractivity contribution in [2.24, 2.45) is 0 Å². The van der Waals surface area contributed by atoms with E-state index in [1.54, 1.807) is 0 Å². The molecule has 4 nitrogen and oxygen atoms in total. The molecule has 4 aromatic heterocycles. The van der Waals surface area contributed by atoms with Crippen LogP contribution in [0.3, 0.4) is 0 Å². The molecule has 0 amide bonds. The van der Waals surface area contributed by atoms with Crippen molar-refractivity contribution >= 4 is 58.2 Å². The Labute approximate surface area is 173 Å². The van der Waals surface area contributed by atoms with Crippen LogP contribution in [0.5, 0.6) is 0 Å². The molecule has 4 unspecified atom stereocenters. The highest BCUT2D eigenvalue weighted by Gasteiger charge is 2.15. The van der Waals surface area contributed by atoms with E-state index in [0.717, 1.165) is 25.7 Å². The van der Waals surface area contributed by atoms with Crippen molar-refractivity contribution in [3.8, 4) is 0 Å². The Kier molecular flexibility index (Phi) is 4.89. The standard InChI is InChI=1S/C20H24N4P4/c25-17-6-10-2-15-19(27)8-12(24-15)4-16-20(28)7-11(23-16)3-14-18(26)5-9(21-14)1-13(17)22-10/h5-8,21-24H,1-4,25-28H2. The SMILES string of the molecule is Pc1cc2[nH]c1Cc1cc(P)c([nH]1)Cc1cc(P)c([nH]1)Cc1cc(P)c([nH]1)C2. The van der Waals surface area contributed by atoms with E-state index >= 15 is 0 Å². The van der Waals surface area contributed by atoms with Crippen molar-refractivity contribution < 1.29 is 0 Å². The Hall–Kier alpha value is -1.16. The van der Waals surface area contributed by atoms with Gasteiger partial charge in [-0.05, 0) is 45.5 Å². The van der Waals surface area contributed by atoms with E-state index in [1.165, 1.54) is 66.8 Å². The van der Waals surface area contributed by atoms with Crippen LogP contribution in [0, 0.1) is 0 Å². The lowest BCUT2D eigenvalue weighted by molar-refractivity contribution is 0.952. The fraction of sp³-hybridized carbons (Fsp3) is 0.200. The van der Waals surface area contributed by atoms with E-state index in [1.807, 2.05) is 0 Å². The van der Waals surface area contributed by atoms with E-state index < -0.39 is 0 Å². The first-order valence-corrected chi connectivity index (χ1v) is 11.6. The number of aromatic amines is 4. The third-order valence-electron chi connectivity index (χ3n) is 5.43. The van der Waals surface area contributed by atoms with Gasteiger partial charge in [0.2, 0.25) is 0 Å². The van der Waals surface area contributed by atoms with E-state index in [0.29, 0.717) is 0 Å². The normalized spacial score (nSPS) is 13.9. The first kappa shape index (κ1) is 18.8. The minimum atomic E-state index is 0.870. The number of aromatic nitrogens is 4. The van der Waals surface area contributed by atoms with Crippen molar-refractivity contribution in [3.63, 3.8) is 0 Å². The molecule has 8 heteroatoms. The van der Waals surface area contributed by atoms with Gasteiger partial charge in [-0.3, -0.25) is 0 Å². The van der Waals surface area contributed by atoms with Crippen LogP contribution in [0.25, 0.3) is 0 Å². The van der Waals surface area contributed by atoms with Crippen LogP contribution >= 0.6 is 37.0 Å². The lowest BCUT2D eigenvalue weighted by Crippen LogP contribution is -2.01. The van der Waals surface area contributed by atoms with Crippen LogP contribution in [0.2, 0.25) is 0 Å². The summed E-state index contributed by atoms with van der Waals surface area (Å²) in [5, 5.41) is 4.94. The monoisotopic (exact) mass is 444 g/mol. The quantitative estimate of drug-likeness (QED) is 0.263. The van der Waals surface area contributed by atoms with Crippen molar-refractivity contribution in [2.45, 2.75) is 25.7 Å². The first-order chi connectivity index (χ1) is 13.4. The van der Waals surface area contributed by atoms with Gasteiger partial charge in [0.15, 0.2) is 0 Å². The van der Waals surface area contributed by atoms with Crippen LogP contribution in [0.1, 0.15) is 45.6 Å². The zero-order valence-corrected chi connectivity index (χ0v) is 20.1. The van der Waals surface area contributed by atoms with Gasteiger partial charge in [0, 0.05) is 71.2 Å². The summed E-state index contributed by atoms with van der Waals surface area (Å²) >= 11 is 0. The Morgan fingerprint density at radius 3 is 0.857 bits per heavy atom. The maximum Gasteiger partial charge on any atom is 0.0284 e. The van der Waals surface area contributed by atoms with Crippen LogP contribution in [-0.4, -0.2) is 19.9 Å². The van der Waals surface area contributed by atoms with Gasteiger partial charge in [-0.25, -0.2) is 0 Å². The average molecular weight is 444 g/mol. The van der Waals surface area contributed by atoms with Gasteiger partial charge < -0.3 is 19.9 Å². The van der Waals surface area contributed by atoms with Crippen molar-refractivity contribution in [2.75, 3.05) is 0 Å². The predicted molar refractivity (Wildman–Crippen MR) is 132 cm³/mol. The molecule has 0 saturated heterocycles. The number of hydrogen-bond acceptors (Lipinski definition) is 0. The van der Waals surface area contributed by atoms with Crippen LogP contribution in [-0.2, 0) is 25.7 Å². The number of nitrogens with one attached hydrogen (secondary N) is 4. The van der Waals surface area contributed by atoms with Crippen molar-refractivity contribution in [3.05, 3.63) is 69.8 Å². The average Bonchev–Trinajstić information content (AvgIpc) is 3.33. The lowest BCUT2D eigenvalue weighted by Gasteiger charge is -2.02. The van der Waals surface area contributed by atoms with Crippen molar-refractivity contribution in [1.29, 1.82) is 0 Å². The van der Waals surface area contributed by atoms with E-state index in [2.05, 4.69) is 81.2 Å². The van der Waals surface area contributed by atoms with Crippen molar-refractivity contribution in [1.82, 2.24) is 19.9 Å². The summed E-state index contributed by atoms with van der Waals surface area (Å²) in [5.41, 5.74) is 9.92. The summed E-state index contributed by atoms with van der Waals surface area (Å²) in [7, 11) is 11.5. The highest BCUT2D eigenvalue weighted by atomic mass is 31.0. The van der Waals surface area contributed by atoms with Gasteiger partial charge >= 0.3 is 0 Å². The minimum Gasteiger partial charge on any atom is -0.361 e. The molecule has 0 aromatic carbocycles. The summed E-state index contributed by atoms with van der Waals surface area (Å²) in [5.74, 6) is 0. The second kappa shape index (κ2) is 7.27. The molecular formula is C20H24N4P4. The van der Waals surface area contributed by atoms with E-state index in [-0.39, 0.29) is 0 Å². The second-order valence-corrected chi connectivity index (χ2v) is 10.1. The van der Waals surface area contributed by atoms with Gasteiger partial charge in [-0.1, -0.05) is 0 Å². The molecule has 4 aromatic rings. The smallest absolute Gasteiger partial charge is 0.0284 e. The first-order valence-electron chi connectivity index (χ1n) is 9.29. The Bertz CT molecular complexity index is 992. The fourth-order valence-corrected chi connectivity index (χ4v) is 5.54. The number of H-pyrrole nitrogens is 4. The second-order valence-electron chi connectivity index (χ2n) is 7.62. The molecule has 1 aliphatic rings. The third kappa shape index (κ3) is 3.58. The summed E-state index contributed by atoms with van der Waals surface area (Å²) in [4.78, 5) is 14.5. The predicted octanol–water partition coefficient (Wildman–Crippen LogP) is 1.68. The molecule has 5 heterocycles. The van der Waals surface area contributed by atoms with E-state index in [4.69, 9.17) is 0 Å². The topological polar surface area (TPSA) is 63.2 Å². The number of fused-ring (bicyclic) bond motifs is 8. The zero-order chi connectivity index (χ0) is 19.4. The molecule has 0 spiro atoms. The number of rotatable bonds is 0. The molecule has 0 fully saturated rings. The van der Waals surface area contributed by atoms with Crippen LogP contribution in [0.15, 0.2) is 24.3 Å². The zero-order valence-electron chi connectivity index (χ0n) is 15.4. The van der Waals surface area contributed by atoms with Crippen LogP contribution in [0.4, 0.5) is 0 Å². The highest BCUT2D eigenvalue weighted by molar-refractivity contribution is 7.28. The lowest BCUT2D eigenvalue weighted by atomic mass is 10.2. The summed E-state index contributed by atoms with van der Waals surface area (Å²) < 4.78 is 0. The molecule has 144 valence electrons. The Balaban J connectivity index is 1.61. The summed E-state index contributed by atoms with van der Waals surface area (Å²) in [6, 6.07) is 8.97. The van der Waals surface area contributed by atoms with Gasteiger partial charge in [-0.2, -0.15) is 0 Å². The molecule has 0 radical (unpaired) electrons. The largest absolute Gasteiger partial charge is 0.361 e. The minimum absolute atomic E-state index is 0.870. The maximum atomic E-state index is 3.63. The van der Waals surface area contributed by atoms with E-state index in [9.17, 15) is 0 Å². The molecule has 1 aliphatic heterocycles.